The Bertz CT molecular complexity index is 902. The van der Waals surface area contributed by atoms with Crippen molar-refractivity contribution in [3.8, 4) is 0 Å². The van der Waals surface area contributed by atoms with Crippen molar-refractivity contribution in [1.29, 1.82) is 0 Å². The zero-order valence-corrected chi connectivity index (χ0v) is 11.9. The molecule has 3 rings (SSSR count). The van der Waals surface area contributed by atoms with Gasteiger partial charge in [0.25, 0.3) is 5.56 Å². The Balaban J connectivity index is 2.03. The van der Waals surface area contributed by atoms with E-state index in [9.17, 15) is 9.18 Å². The van der Waals surface area contributed by atoms with Gasteiger partial charge in [-0.05, 0) is 48.5 Å². The average Bonchev–Trinajstić information content (AvgIpc) is 2.49. The number of H-pyrrole nitrogens is 1. The van der Waals surface area contributed by atoms with Crippen molar-refractivity contribution in [2.24, 2.45) is 0 Å². The molecule has 2 aromatic heterocycles. The molecule has 0 bridgehead atoms. The first-order valence-corrected chi connectivity index (χ1v) is 6.88. The average molecular weight is 301 g/mol. The van der Waals surface area contributed by atoms with E-state index in [1.807, 2.05) is 12.1 Å². The largest absolute Gasteiger partial charge is 0.329 e. The van der Waals surface area contributed by atoms with Crippen LogP contribution in [-0.2, 0) is 13.0 Å². The molecule has 0 unspecified atom stereocenters. The molecule has 0 aliphatic heterocycles. The lowest BCUT2D eigenvalue weighted by Crippen LogP contribution is -2.23. The molecule has 0 saturated carbocycles. The van der Waals surface area contributed by atoms with Crippen molar-refractivity contribution in [2.75, 3.05) is 0 Å². The van der Waals surface area contributed by atoms with E-state index in [0.29, 0.717) is 18.4 Å². The van der Waals surface area contributed by atoms with Gasteiger partial charge in [-0.2, -0.15) is 0 Å². The number of hydrogen-bond acceptors (Lipinski definition) is 3. The minimum atomic E-state index is -0.475. The maximum atomic E-state index is 13.7. The molecule has 4 nitrogen and oxygen atoms in total. The predicted octanol–water partition coefficient (Wildman–Crippen LogP) is 2.84. The molecular weight excluding hydrogens is 289 g/mol. The first-order valence-electron chi connectivity index (χ1n) is 6.47. The third kappa shape index (κ3) is 2.62. The standard InChI is InChI=1S/C15H12FN3OS/c16-12-3-1-2-11-13(12)18-15(21)19(14(11)20)9-6-10-4-7-17-8-5-10/h1-5,7-8H,6,9H2,(H,18,21). The highest BCUT2D eigenvalue weighted by molar-refractivity contribution is 7.71. The Hall–Kier alpha value is -2.34. The maximum Gasteiger partial charge on any atom is 0.262 e. The Morgan fingerprint density at radius 2 is 2.00 bits per heavy atom. The van der Waals surface area contributed by atoms with Gasteiger partial charge in [0.2, 0.25) is 0 Å². The molecule has 3 aromatic rings. The fourth-order valence-electron chi connectivity index (χ4n) is 2.23. The van der Waals surface area contributed by atoms with Crippen molar-refractivity contribution in [3.05, 3.63) is 69.2 Å². The SMILES string of the molecule is O=c1c2cccc(F)c2[nH]c(=S)n1CCc1ccncc1. The third-order valence-corrected chi connectivity index (χ3v) is 3.66. The first-order chi connectivity index (χ1) is 10.2. The van der Waals surface area contributed by atoms with Gasteiger partial charge in [-0.3, -0.25) is 14.3 Å². The summed E-state index contributed by atoms with van der Waals surface area (Å²) in [5.74, 6) is -0.475. The Morgan fingerprint density at radius 1 is 1.24 bits per heavy atom. The number of aromatic nitrogens is 3. The van der Waals surface area contributed by atoms with Gasteiger partial charge in [0, 0.05) is 18.9 Å². The van der Waals surface area contributed by atoms with E-state index in [0.717, 1.165) is 5.56 Å². The zero-order chi connectivity index (χ0) is 14.8. The molecular formula is C15H12FN3OS. The van der Waals surface area contributed by atoms with Crippen molar-refractivity contribution >= 4 is 23.1 Å². The van der Waals surface area contributed by atoms with Gasteiger partial charge >= 0.3 is 0 Å². The summed E-state index contributed by atoms with van der Waals surface area (Å²) in [5, 5.41) is 0.304. The van der Waals surface area contributed by atoms with Crippen LogP contribution < -0.4 is 5.56 Å². The molecule has 0 aliphatic rings. The number of aryl methyl sites for hydroxylation is 1. The van der Waals surface area contributed by atoms with E-state index < -0.39 is 5.82 Å². The number of nitrogens with one attached hydrogen (secondary N) is 1. The first kappa shape index (κ1) is 13.6. The van der Waals surface area contributed by atoms with Crippen LogP contribution in [0.2, 0.25) is 0 Å². The molecule has 0 atom stereocenters. The van der Waals surface area contributed by atoms with Crippen LogP contribution in [-0.4, -0.2) is 14.5 Å². The monoisotopic (exact) mass is 301 g/mol. The van der Waals surface area contributed by atoms with Gasteiger partial charge in [0.15, 0.2) is 4.77 Å². The van der Waals surface area contributed by atoms with Crippen LogP contribution >= 0.6 is 12.2 Å². The minimum Gasteiger partial charge on any atom is -0.329 e. The summed E-state index contributed by atoms with van der Waals surface area (Å²) in [7, 11) is 0. The van der Waals surface area contributed by atoms with E-state index in [2.05, 4.69) is 9.97 Å². The summed E-state index contributed by atoms with van der Waals surface area (Å²) in [6, 6.07) is 8.18. The molecule has 0 fully saturated rings. The lowest BCUT2D eigenvalue weighted by molar-refractivity contribution is 0.626. The van der Waals surface area contributed by atoms with Gasteiger partial charge in [0.05, 0.1) is 10.9 Å². The number of hydrogen-bond donors (Lipinski definition) is 1. The fraction of sp³-hybridized carbons (Fsp3) is 0.133. The molecule has 0 aliphatic carbocycles. The van der Waals surface area contributed by atoms with Crippen molar-refractivity contribution in [2.45, 2.75) is 13.0 Å². The van der Waals surface area contributed by atoms with E-state index in [1.165, 1.54) is 16.7 Å². The third-order valence-electron chi connectivity index (χ3n) is 3.34. The smallest absolute Gasteiger partial charge is 0.262 e. The number of para-hydroxylation sites is 1. The summed E-state index contributed by atoms with van der Waals surface area (Å²) in [6.07, 6.45) is 4.06. The van der Waals surface area contributed by atoms with Crippen LogP contribution in [0.5, 0.6) is 0 Å². The number of nitrogens with zero attached hydrogens (tertiary/aromatic N) is 2. The summed E-state index contributed by atoms with van der Waals surface area (Å²) in [6.45, 7) is 0.435. The second-order valence-corrected chi connectivity index (χ2v) is 5.04. The topological polar surface area (TPSA) is 50.7 Å². The van der Waals surface area contributed by atoms with Crippen LogP contribution in [0, 0.1) is 10.6 Å². The van der Waals surface area contributed by atoms with Crippen LogP contribution in [0.15, 0.2) is 47.5 Å². The van der Waals surface area contributed by atoms with Gasteiger partial charge in [-0.25, -0.2) is 4.39 Å². The van der Waals surface area contributed by atoms with Crippen molar-refractivity contribution in [3.63, 3.8) is 0 Å². The number of halogens is 1. The van der Waals surface area contributed by atoms with Crippen LogP contribution in [0.4, 0.5) is 4.39 Å². The number of benzene rings is 1. The van der Waals surface area contributed by atoms with Gasteiger partial charge < -0.3 is 4.98 Å². The lowest BCUT2D eigenvalue weighted by Gasteiger charge is -2.08. The van der Waals surface area contributed by atoms with E-state index in [-0.39, 0.29) is 15.8 Å². The number of pyridine rings is 1. The maximum absolute atomic E-state index is 13.7. The summed E-state index contributed by atoms with van der Waals surface area (Å²) in [4.78, 5) is 19.2. The Labute approximate surface area is 124 Å². The molecule has 21 heavy (non-hydrogen) atoms. The summed E-state index contributed by atoms with van der Waals surface area (Å²) in [5.41, 5.74) is 0.945. The molecule has 0 saturated heterocycles. The zero-order valence-electron chi connectivity index (χ0n) is 11.0. The Morgan fingerprint density at radius 3 is 2.76 bits per heavy atom. The predicted molar refractivity (Wildman–Crippen MR) is 81.3 cm³/mol. The quantitative estimate of drug-likeness (QED) is 0.757. The highest BCUT2D eigenvalue weighted by atomic mass is 32.1. The second-order valence-electron chi connectivity index (χ2n) is 4.65. The van der Waals surface area contributed by atoms with E-state index >= 15 is 0 Å². The minimum absolute atomic E-state index is 0.160. The number of aromatic amines is 1. The molecule has 0 radical (unpaired) electrons. The summed E-state index contributed by atoms with van der Waals surface area (Å²) >= 11 is 5.17. The fourth-order valence-corrected chi connectivity index (χ4v) is 2.51. The number of fused-ring (bicyclic) bond motifs is 1. The van der Waals surface area contributed by atoms with Crippen molar-refractivity contribution < 1.29 is 4.39 Å². The van der Waals surface area contributed by atoms with Crippen LogP contribution in [0.25, 0.3) is 10.9 Å². The normalized spacial score (nSPS) is 10.9. The molecule has 0 amide bonds. The lowest BCUT2D eigenvalue weighted by atomic mass is 10.2. The Kier molecular flexibility index (Phi) is 3.62. The summed E-state index contributed by atoms with van der Waals surface area (Å²) < 4.78 is 15.4. The van der Waals surface area contributed by atoms with E-state index in [4.69, 9.17) is 12.2 Å². The van der Waals surface area contributed by atoms with Gasteiger partial charge in [-0.15, -0.1) is 0 Å². The highest BCUT2D eigenvalue weighted by Crippen LogP contribution is 2.11. The van der Waals surface area contributed by atoms with Crippen LogP contribution in [0.3, 0.4) is 0 Å². The molecule has 1 aromatic carbocycles. The molecule has 6 heteroatoms. The highest BCUT2D eigenvalue weighted by Gasteiger charge is 2.08. The number of rotatable bonds is 3. The molecule has 1 N–H and O–H groups in total. The second kappa shape index (κ2) is 5.57. The van der Waals surface area contributed by atoms with Gasteiger partial charge in [0.1, 0.15) is 5.82 Å². The molecule has 2 heterocycles. The molecule has 0 spiro atoms. The molecule has 106 valence electrons. The van der Waals surface area contributed by atoms with Gasteiger partial charge in [-0.1, -0.05) is 6.07 Å². The van der Waals surface area contributed by atoms with Crippen molar-refractivity contribution in [1.82, 2.24) is 14.5 Å². The van der Waals surface area contributed by atoms with Crippen LogP contribution in [0.1, 0.15) is 5.56 Å². The van der Waals surface area contributed by atoms with E-state index in [1.54, 1.807) is 18.5 Å².